The lowest BCUT2D eigenvalue weighted by Gasteiger charge is -2.07. The first-order chi connectivity index (χ1) is 12.8. The van der Waals surface area contributed by atoms with Crippen LogP contribution in [0, 0.1) is 6.92 Å². The highest BCUT2D eigenvalue weighted by atomic mass is 32.2. The zero-order valence-corrected chi connectivity index (χ0v) is 16.5. The molecule has 3 N–H and O–H groups in total. The molecule has 0 spiro atoms. The Morgan fingerprint density at radius 3 is 2.44 bits per heavy atom. The van der Waals surface area contributed by atoms with Crippen molar-refractivity contribution in [3.8, 4) is 0 Å². The van der Waals surface area contributed by atoms with E-state index in [9.17, 15) is 13.2 Å². The van der Waals surface area contributed by atoms with Gasteiger partial charge in [0.2, 0.25) is 5.91 Å². The summed E-state index contributed by atoms with van der Waals surface area (Å²) in [6, 6.07) is 12.1. The molecule has 0 radical (unpaired) electrons. The first-order valence-electron chi connectivity index (χ1n) is 8.96. The number of carbonyl (C=O) groups is 1. The van der Waals surface area contributed by atoms with E-state index in [-0.39, 0.29) is 10.8 Å². The van der Waals surface area contributed by atoms with Crippen LogP contribution in [0.2, 0.25) is 0 Å². The number of anilines is 1. The molecule has 1 aliphatic heterocycles. The minimum Gasteiger partial charge on any atom is -0.326 e. The maximum Gasteiger partial charge on any atom is 0.294 e. The third kappa shape index (κ3) is 6.46. The largest absolute Gasteiger partial charge is 0.326 e. The third-order valence-corrected chi connectivity index (χ3v) is 5.07. The van der Waals surface area contributed by atoms with Gasteiger partial charge < -0.3 is 10.6 Å². The summed E-state index contributed by atoms with van der Waals surface area (Å²) in [6.07, 6.45) is 2.70. The van der Waals surface area contributed by atoms with E-state index in [1.807, 2.05) is 19.1 Å². The van der Waals surface area contributed by atoms with Crippen molar-refractivity contribution in [2.75, 3.05) is 18.4 Å². The maximum atomic E-state index is 11.3. The van der Waals surface area contributed by atoms with Crippen LogP contribution in [0.5, 0.6) is 0 Å². The molecule has 0 saturated carbocycles. The van der Waals surface area contributed by atoms with E-state index in [0.29, 0.717) is 6.42 Å². The van der Waals surface area contributed by atoms with E-state index in [0.717, 1.165) is 37.2 Å². The van der Waals surface area contributed by atoms with Crippen molar-refractivity contribution in [3.63, 3.8) is 0 Å². The molecule has 1 heterocycles. The SMILES string of the molecule is CCCNCCc1cccc2c1CC(=O)N2.Cc1ccc(S(=O)(=O)O)cc1. The summed E-state index contributed by atoms with van der Waals surface area (Å²) >= 11 is 0. The Morgan fingerprint density at radius 2 is 1.81 bits per heavy atom. The first kappa shape index (κ1) is 21.1. The molecule has 27 heavy (non-hydrogen) atoms. The van der Waals surface area contributed by atoms with Gasteiger partial charge in [0.15, 0.2) is 0 Å². The van der Waals surface area contributed by atoms with Gasteiger partial charge in [-0.05, 0) is 62.2 Å². The average molecular weight is 391 g/mol. The lowest BCUT2D eigenvalue weighted by molar-refractivity contribution is -0.115. The average Bonchev–Trinajstić information content (AvgIpc) is 3.00. The summed E-state index contributed by atoms with van der Waals surface area (Å²) in [4.78, 5) is 11.2. The summed E-state index contributed by atoms with van der Waals surface area (Å²) in [7, 11) is -4.02. The van der Waals surface area contributed by atoms with Crippen LogP contribution in [0.15, 0.2) is 47.4 Å². The van der Waals surface area contributed by atoms with E-state index in [2.05, 4.69) is 23.6 Å². The Kier molecular flexibility index (Phi) is 7.53. The number of aryl methyl sites for hydroxylation is 1. The number of carbonyl (C=O) groups excluding carboxylic acids is 1. The molecular formula is C20H26N2O4S. The summed E-state index contributed by atoms with van der Waals surface area (Å²) in [5, 5.41) is 6.26. The normalized spacial score (nSPS) is 12.8. The Balaban J connectivity index is 0.000000208. The van der Waals surface area contributed by atoms with Crippen molar-refractivity contribution in [3.05, 3.63) is 59.2 Å². The van der Waals surface area contributed by atoms with Gasteiger partial charge in [-0.2, -0.15) is 8.42 Å². The zero-order chi connectivity index (χ0) is 19.9. The van der Waals surface area contributed by atoms with E-state index in [1.54, 1.807) is 12.1 Å². The monoisotopic (exact) mass is 390 g/mol. The Labute approximate surface area is 160 Å². The number of hydrogen-bond donors (Lipinski definition) is 3. The van der Waals surface area contributed by atoms with Crippen molar-refractivity contribution in [1.29, 1.82) is 0 Å². The summed E-state index contributed by atoms with van der Waals surface area (Å²) in [5.41, 5.74) is 4.43. The van der Waals surface area contributed by atoms with Gasteiger partial charge in [0.25, 0.3) is 10.1 Å². The number of fused-ring (bicyclic) bond motifs is 1. The van der Waals surface area contributed by atoms with Gasteiger partial charge >= 0.3 is 0 Å². The molecule has 0 aliphatic carbocycles. The summed E-state index contributed by atoms with van der Waals surface area (Å²) < 4.78 is 29.6. The number of hydrogen-bond acceptors (Lipinski definition) is 4. The van der Waals surface area contributed by atoms with Crippen LogP contribution >= 0.6 is 0 Å². The minimum absolute atomic E-state index is 0.0666. The van der Waals surface area contributed by atoms with Crippen LogP contribution in [0.25, 0.3) is 0 Å². The van der Waals surface area contributed by atoms with Crippen LogP contribution in [-0.2, 0) is 27.8 Å². The van der Waals surface area contributed by atoms with E-state index < -0.39 is 10.1 Å². The molecule has 6 nitrogen and oxygen atoms in total. The zero-order valence-electron chi connectivity index (χ0n) is 15.7. The van der Waals surface area contributed by atoms with Gasteiger partial charge in [-0.3, -0.25) is 9.35 Å². The first-order valence-corrected chi connectivity index (χ1v) is 10.4. The highest BCUT2D eigenvalue weighted by Crippen LogP contribution is 2.26. The van der Waals surface area contributed by atoms with Crippen LogP contribution < -0.4 is 10.6 Å². The molecule has 1 aliphatic rings. The number of nitrogens with one attached hydrogen (secondary N) is 2. The molecule has 0 unspecified atom stereocenters. The van der Waals surface area contributed by atoms with Crippen molar-refractivity contribution < 1.29 is 17.8 Å². The van der Waals surface area contributed by atoms with Crippen molar-refractivity contribution >= 4 is 21.7 Å². The molecule has 0 aromatic heterocycles. The van der Waals surface area contributed by atoms with Gasteiger partial charge in [-0.15, -0.1) is 0 Å². The minimum atomic E-state index is -4.02. The van der Waals surface area contributed by atoms with Crippen LogP contribution in [-0.4, -0.2) is 32.0 Å². The predicted octanol–water partition coefficient (Wildman–Crippen LogP) is 2.97. The Morgan fingerprint density at radius 1 is 1.11 bits per heavy atom. The Hall–Kier alpha value is -2.22. The molecule has 0 saturated heterocycles. The van der Waals surface area contributed by atoms with Gasteiger partial charge in [0, 0.05) is 5.69 Å². The van der Waals surface area contributed by atoms with Crippen molar-refractivity contribution in [2.45, 2.75) is 38.0 Å². The lowest BCUT2D eigenvalue weighted by atomic mass is 10.0. The fourth-order valence-electron chi connectivity index (χ4n) is 2.78. The molecule has 2 aromatic rings. The maximum absolute atomic E-state index is 11.3. The molecule has 0 atom stereocenters. The van der Waals surface area contributed by atoms with E-state index >= 15 is 0 Å². The Bertz CT molecular complexity index is 877. The van der Waals surface area contributed by atoms with Gasteiger partial charge in [0.05, 0.1) is 11.3 Å². The molecule has 3 rings (SSSR count). The standard InChI is InChI=1S/C13H18N2O.C7H8O3S/c1-2-7-14-8-6-10-4-3-5-12-11(10)9-13(16)15-12;1-6-2-4-7(5-3-6)11(8,9)10/h3-5,14H,2,6-9H2,1H3,(H,15,16);2-5H,1H3,(H,8,9,10). The second kappa shape index (κ2) is 9.64. The molecule has 2 aromatic carbocycles. The van der Waals surface area contributed by atoms with E-state index in [1.165, 1.54) is 23.3 Å². The predicted molar refractivity (Wildman–Crippen MR) is 107 cm³/mol. The van der Waals surface area contributed by atoms with Gasteiger partial charge in [-0.1, -0.05) is 36.8 Å². The number of benzene rings is 2. The topological polar surface area (TPSA) is 95.5 Å². The van der Waals surface area contributed by atoms with Gasteiger partial charge in [0.1, 0.15) is 0 Å². The third-order valence-electron chi connectivity index (χ3n) is 4.20. The molecule has 7 heteroatoms. The highest BCUT2D eigenvalue weighted by Gasteiger charge is 2.19. The summed E-state index contributed by atoms with van der Waals surface area (Å²) in [6.45, 7) is 6.05. The number of amides is 1. The fourth-order valence-corrected chi connectivity index (χ4v) is 3.26. The molecule has 0 bridgehead atoms. The smallest absolute Gasteiger partial charge is 0.294 e. The highest BCUT2D eigenvalue weighted by molar-refractivity contribution is 7.85. The molecular weight excluding hydrogens is 364 g/mol. The second-order valence-corrected chi connectivity index (χ2v) is 7.88. The van der Waals surface area contributed by atoms with Crippen LogP contribution in [0.3, 0.4) is 0 Å². The summed E-state index contributed by atoms with van der Waals surface area (Å²) in [5.74, 6) is 0.115. The second-order valence-electron chi connectivity index (χ2n) is 6.46. The molecule has 146 valence electrons. The van der Waals surface area contributed by atoms with Crippen LogP contribution in [0.4, 0.5) is 5.69 Å². The fraction of sp³-hybridized carbons (Fsp3) is 0.350. The van der Waals surface area contributed by atoms with E-state index in [4.69, 9.17) is 4.55 Å². The van der Waals surface area contributed by atoms with Crippen LogP contribution in [0.1, 0.15) is 30.0 Å². The number of rotatable bonds is 6. The molecule has 1 amide bonds. The van der Waals surface area contributed by atoms with Gasteiger partial charge in [-0.25, -0.2) is 0 Å². The lowest BCUT2D eigenvalue weighted by Crippen LogP contribution is -2.18. The van der Waals surface area contributed by atoms with Crippen molar-refractivity contribution in [1.82, 2.24) is 5.32 Å². The van der Waals surface area contributed by atoms with Crippen molar-refractivity contribution in [2.24, 2.45) is 0 Å². The molecule has 0 fully saturated rings. The quantitative estimate of drug-likeness (QED) is 0.521.